The summed E-state index contributed by atoms with van der Waals surface area (Å²) in [4.78, 5) is 0.369. The van der Waals surface area contributed by atoms with Crippen molar-refractivity contribution in [3.8, 4) is 0 Å². The molecule has 22 heavy (non-hydrogen) atoms. The third kappa shape index (κ3) is 2.80. The van der Waals surface area contributed by atoms with Crippen LogP contribution in [0.15, 0.2) is 29.2 Å². The molecule has 122 valence electrons. The first-order valence-corrected chi connectivity index (χ1v) is 9.29. The minimum atomic E-state index is -3.52. The molecule has 6 heteroatoms. The Kier molecular flexibility index (Phi) is 4.54. The van der Waals surface area contributed by atoms with Crippen LogP contribution in [0.3, 0.4) is 0 Å². The summed E-state index contributed by atoms with van der Waals surface area (Å²) >= 11 is 0. The van der Waals surface area contributed by atoms with E-state index in [9.17, 15) is 13.5 Å². The minimum absolute atomic E-state index is 0.130. The van der Waals surface area contributed by atoms with Gasteiger partial charge in [-0.3, -0.25) is 0 Å². The van der Waals surface area contributed by atoms with Gasteiger partial charge in [0.2, 0.25) is 10.0 Å². The van der Waals surface area contributed by atoms with Gasteiger partial charge in [-0.25, -0.2) is 8.42 Å². The van der Waals surface area contributed by atoms with Gasteiger partial charge in [-0.2, -0.15) is 4.31 Å². The van der Waals surface area contributed by atoms with E-state index >= 15 is 0 Å². The standard InChI is InChI=1S/C16H23NO4S/c1-12-5-2-3-7-16(12)22(19,20)17-9-4-6-14(17)13-11-21-10-8-15(13)18/h2-3,5,7,13-15,18H,4,6,8-11H2,1H3/t13-,14-,15-/m1/s1. The molecule has 2 saturated heterocycles. The summed E-state index contributed by atoms with van der Waals surface area (Å²) in [5, 5.41) is 10.2. The first-order chi connectivity index (χ1) is 10.5. The predicted octanol–water partition coefficient (Wildman–Crippen LogP) is 1.55. The predicted molar refractivity (Wildman–Crippen MR) is 83.0 cm³/mol. The summed E-state index contributed by atoms with van der Waals surface area (Å²) in [5.41, 5.74) is 0.758. The average Bonchev–Trinajstić information content (AvgIpc) is 2.98. The van der Waals surface area contributed by atoms with Gasteiger partial charge in [-0.05, 0) is 37.8 Å². The van der Waals surface area contributed by atoms with Crippen molar-refractivity contribution in [1.29, 1.82) is 0 Å². The largest absolute Gasteiger partial charge is 0.393 e. The van der Waals surface area contributed by atoms with E-state index in [1.807, 2.05) is 19.1 Å². The lowest BCUT2D eigenvalue weighted by Gasteiger charge is -2.36. The number of sulfonamides is 1. The smallest absolute Gasteiger partial charge is 0.243 e. The van der Waals surface area contributed by atoms with Crippen LogP contribution in [-0.2, 0) is 14.8 Å². The molecule has 2 heterocycles. The Bertz CT molecular complexity index is 631. The molecule has 3 atom stereocenters. The molecule has 0 spiro atoms. The number of nitrogens with zero attached hydrogens (tertiary/aromatic N) is 1. The highest BCUT2D eigenvalue weighted by Gasteiger charge is 2.43. The van der Waals surface area contributed by atoms with E-state index < -0.39 is 16.1 Å². The van der Waals surface area contributed by atoms with Crippen LogP contribution in [0.5, 0.6) is 0 Å². The summed E-state index contributed by atoms with van der Waals surface area (Å²) < 4.78 is 33.1. The molecule has 0 saturated carbocycles. The van der Waals surface area contributed by atoms with E-state index in [4.69, 9.17) is 4.74 Å². The molecule has 1 aromatic carbocycles. The monoisotopic (exact) mass is 325 g/mol. The molecule has 0 amide bonds. The highest BCUT2D eigenvalue weighted by molar-refractivity contribution is 7.89. The summed E-state index contributed by atoms with van der Waals surface area (Å²) in [5.74, 6) is -0.130. The number of benzene rings is 1. The first kappa shape index (κ1) is 15.9. The Balaban J connectivity index is 1.91. The number of aryl methyl sites for hydroxylation is 1. The van der Waals surface area contributed by atoms with Gasteiger partial charge in [0.15, 0.2) is 0 Å². The Morgan fingerprint density at radius 1 is 1.27 bits per heavy atom. The van der Waals surface area contributed by atoms with Crippen molar-refractivity contribution in [2.24, 2.45) is 5.92 Å². The Labute approximate surface area is 131 Å². The fourth-order valence-corrected chi connectivity index (χ4v) is 5.55. The van der Waals surface area contributed by atoms with Gasteiger partial charge in [0, 0.05) is 25.1 Å². The van der Waals surface area contributed by atoms with Crippen LogP contribution < -0.4 is 0 Å². The van der Waals surface area contributed by atoms with Crippen molar-refractivity contribution in [2.45, 2.75) is 43.2 Å². The fraction of sp³-hybridized carbons (Fsp3) is 0.625. The summed E-state index contributed by atoms with van der Waals surface area (Å²) in [7, 11) is -3.52. The molecule has 1 N–H and O–H groups in total. The highest BCUT2D eigenvalue weighted by Crippen LogP contribution is 2.34. The first-order valence-electron chi connectivity index (χ1n) is 7.85. The second kappa shape index (κ2) is 6.28. The molecule has 2 aliphatic rings. The van der Waals surface area contributed by atoms with Crippen molar-refractivity contribution >= 4 is 10.0 Å². The molecule has 0 radical (unpaired) electrons. The molecule has 0 aliphatic carbocycles. The molecule has 0 unspecified atom stereocenters. The van der Waals surface area contributed by atoms with E-state index in [1.54, 1.807) is 16.4 Å². The van der Waals surface area contributed by atoms with E-state index in [-0.39, 0.29) is 12.0 Å². The van der Waals surface area contributed by atoms with Crippen molar-refractivity contribution in [3.05, 3.63) is 29.8 Å². The van der Waals surface area contributed by atoms with Crippen molar-refractivity contribution in [3.63, 3.8) is 0 Å². The van der Waals surface area contributed by atoms with Gasteiger partial charge in [-0.15, -0.1) is 0 Å². The maximum absolute atomic E-state index is 13.0. The SMILES string of the molecule is Cc1ccccc1S(=O)(=O)N1CCC[C@@H]1[C@H]1COCC[C@H]1O. The normalized spacial score (nSPS) is 30.5. The maximum Gasteiger partial charge on any atom is 0.243 e. The number of ether oxygens (including phenoxy) is 1. The molecule has 0 bridgehead atoms. The van der Waals surface area contributed by atoms with Crippen LogP contribution in [0.25, 0.3) is 0 Å². The Morgan fingerprint density at radius 2 is 2.05 bits per heavy atom. The number of aliphatic hydroxyl groups excluding tert-OH is 1. The topological polar surface area (TPSA) is 66.8 Å². The second-order valence-corrected chi connectivity index (χ2v) is 8.04. The van der Waals surface area contributed by atoms with Crippen LogP contribution in [0, 0.1) is 12.8 Å². The Morgan fingerprint density at radius 3 is 2.77 bits per heavy atom. The number of aliphatic hydroxyl groups is 1. The zero-order valence-electron chi connectivity index (χ0n) is 12.8. The molecule has 0 aromatic heterocycles. The van der Waals surface area contributed by atoms with Crippen LogP contribution in [-0.4, -0.2) is 49.7 Å². The molecule has 5 nitrogen and oxygen atoms in total. The maximum atomic E-state index is 13.0. The molecular formula is C16H23NO4S. The number of hydrogen-bond donors (Lipinski definition) is 1. The molecule has 3 rings (SSSR count). The van der Waals surface area contributed by atoms with Gasteiger partial charge in [-0.1, -0.05) is 18.2 Å². The molecule has 1 aromatic rings. The van der Waals surface area contributed by atoms with Crippen LogP contribution in [0.2, 0.25) is 0 Å². The third-order valence-corrected chi connectivity index (χ3v) is 6.87. The lowest BCUT2D eigenvalue weighted by atomic mass is 9.90. The summed E-state index contributed by atoms with van der Waals surface area (Å²) in [6, 6.07) is 6.91. The minimum Gasteiger partial charge on any atom is -0.393 e. The van der Waals surface area contributed by atoms with Crippen molar-refractivity contribution in [1.82, 2.24) is 4.31 Å². The quantitative estimate of drug-likeness (QED) is 0.915. The fourth-order valence-electron chi connectivity index (χ4n) is 3.58. The molecule has 2 aliphatic heterocycles. The van der Waals surface area contributed by atoms with E-state index in [1.165, 1.54) is 0 Å². The summed E-state index contributed by atoms with van der Waals surface area (Å²) in [6.07, 6.45) is 1.72. The zero-order valence-corrected chi connectivity index (χ0v) is 13.6. The number of hydrogen-bond acceptors (Lipinski definition) is 4. The lowest BCUT2D eigenvalue weighted by molar-refractivity contribution is -0.0543. The van der Waals surface area contributed by atoms with E-state index in [0.717, 1.165) is 18.4 Å². The average molecular weight is 325 g/mol. The number of rotatable bonds is 3. The molecule has 2 fully saturated rings. The van der Waals surface area contributed by atoms with Gasteiger partial charge in [0.25, 0.3) is 0 Å². The highest BCUT2D eigenvalue weighted by atomic mass is 32.2. The zero-order chi connectivity index (χ0) is 15.7. The Hall–Kier alpha value is -0.950. The van der Waals surface area contributed by atoms with Crippen molar-refractivity contribution < 1.29 is 18.3 Å². The van der Waals surface area contributed by atoms with Gasteiger partial charge in [0.05, 0.1) is 17.6 Å². The van der Waals surface area contributed by atoms with Crippen LogP contribution >= 0.6 is 0 Å². The van der Waals surface area contributed by atoms with Crippen LogP contribution in [0.4, 0.5) is 0 Å². The van der Waals surface area contributed by atoms with Gasteiger partial charge >= 0.3 is 0 Å². The second-order valence-electron chi connectivity index (χ2n) is 6.19. The van der Waals surface area contributed by atoms with Gasteiger partial charge < -0.3 is 9.84 Å². The van der Waals surface area contributed by atoms with E-state index in [2.05, 4.69) is 0 Å². The van der Waals surface area contributed by atoms with Gasteiger partial charge in [0.1, 0.15) is 0 Å². The summed E-state index contributed by atoms with van der Waals surface area (Å²) in [6.45, 7) is 3.32. The van der Waals surface area contributed by atoms with Crippen molar-refractivity contribution in [2.75, 3.05) is 19.8 Å². The lowest BCUT2D eigenvalue weighted by Crippen LogP contribution is -2.48. The van der Waals surface area contributed by atoms with Crippen LogP contribution in [0.1, 0.15) is 24.8 Å². The molecular weight excluding hydrogens is 302 g/mol. The third-order valence-electron chi connectivity index (χ3n) is 4.79. The van der Waals surface area contributed by atoms with E-state index in [0.29, 0.717) is 31.1 Å².